The van der Waals surface area contributed by atoms with Gasteiger partial charge in [0.2, 0.25) is 11.8 Å². The molecule has 1 aliphatic rings. The van der Waals surface area contributed by atoms with Crippen LogP contribution in [0, 0.1) is 6.92 Å². The summed E-state index contributed by atoms with van der Waals surface area (Å²) in [5, 5.41) is 7.43. The molecular weight excluding hydrogens is 390 g/mol. The number of aromatic nitrogens is 2. The van der Waals surface area contributed by atoms with Crippen molar-refractivity contribution in [1.82, 2.24) is 20.0 Å². The Hall–Kier alpha value is -2.80. The van der Waals surface area contributed by atoms with Crippen LogP contribution in [0.3, 0.4) is 0 Å². The molecule has 1 fully saturated rings. The van der Waals surface area contributed by atoms with E-state index in [0.29, 0.717) is 24.8 Å². The minimum Gasteiger partial charge on any atom is -0.368 e. The first-order valence-corrected chi connectivity index (χ1v) is 10.1. The van der Waals surface area contributed by atoms with Gasteiger partial charge in [-0.05, 0) is 25.1 Å². The summed E-state index contributed by atoms with van der Waals surface area (Å²) < 4.78 is 1.56. The maximum absolute atomic E-state index is 12.4. The Bertz CT molecular complexity index is 886. The molecule has 1 saturated heterocycles. The molecule has 1 aromatic heterocycles. The number of nitrogens with one attached hydrogen (secondary N) is 1. The monoisotopic (exact) mass is 415 g/mol. The maximum Gasteiger partial charge on any atom is 0.244 e. The van der Waals surface area contributed by atoms with Crippen LogP contribution in [0.5, 0.6) is 0 Å². The van der Waals surface area contributed by atoms with Gasteiger partial charge in [-0.1, -0.05) is 29.8 Å². The van der Waals surface area contributed by atoms with Crippen LogP contribution >= 0.6 is 11.6 Å². The average Bonchev–Trinajstić information content (AvgIpc) is 2.98. The molecule has 0 unspecified atom stereocenters. The number of aryl methyl sites for hydroxylation is 2. The number of amides is 2. The Balaban J connectivity index is 1.40. The van der Waals surface area contributed by atoms with Crippen molar-refractivity contribution >= 4 is 35.2 Å². The molecule has 0 bridgehead atoms. The molecule has 8 heteroatoms. The smallest absolute Gasteiger partial charge is 0.244 e. The van der Waals surface area contributed by atoms with Crippen LogP contribution in [0.4, 0.5) is 5.69 Å². The summed E-state index contributed by atoms with van der Waals surface area (Å²) in [5.41, 5.74) is 2.66. The van der Waals surface area contributed by atoms with E-state index in [0.717, 1.165) is 24.3 Å². The van der Waals surface area contributed by atoms with E-state index < -0.39 is 0 Å². The van der Waals surface area contributed by atoms with E-state index in [4.69, 9.17) is 11.6 Å². The van der Waals surface area contributed by atoms with Gasteiger partial charge in [0.1, 0.15) is 5.15 Å². The third kappa shape index (κ3) is 5.38. The van der Waals surface area contributed by atoms with Crippen molar-refractivity contribution < 1.29 is 9.59 Å². The van der Waals surface area contributed by atoms with E-state index >= 15 is 0 Å². The molecule has 2 amide bonds. The van der Waals surface area contributed by atoms with Crippen molar-refractivity contribution in [3.05, 3.63) is 52.8 Å². The number of halogens is 1. The second-order valence-corrected chi connectivity index (χ2v) is 7.35. The van der Waals surface area contributed by atoms with Gasteiger partial charge < -0.3 is 15.1 Å². The Morgan fingerprint density at radius 2 is 1.86 bits per heavy atom. The van der Waals surface area contributed by atoms with Crippen LogP contribution in [-0.2, 0) is 16.6 Å². The summed E-state index contributed by atoms with van der Waals surface area (Å²) in [7, 11) is 1.75. The van der Waals surface area contributed by atoms with E-state index in [9.17, 15) is 9.59 Å². The summed E-state index contributed by atoms with van der Waals surface area (Å²) in [6.45, 7) is 5.16. The van der Waals surface area contributed by atoms with E-state index in [1.807, 2.05) is 30.0 Å². The lowest BCUT2D eigenvalue weighted by molar-refractivity contribution is -0.131. The summed E-state index contributed by atoms with van der Waals surface area (Å²) in [5.74, 6) is -0.195. The molecule has 1 aromatic carbocycles. The fourth-order valence-corrected chi connectivity index (χ4v) is 3.59. The van der Waals surface area contributed by atoms with Crippen LogP contribution in [0.1, 0.15) is 17.7 Å². The second-order valence-electron chi connectivity index (χ2n) is 6.99. The molecule has 1 aliphatic heterocycles. The summed E-state index contributed by atoms with van der Waals surface area (Å²) in [4.78, 5) is 28.5. The quantitative estimate of drug-likeness (QED) is 0.734. The third-order valence-electron chi connectivity index (χ3n) is 4.99. The molecule has 154 valence electrons. The molecule has 0 aliphatic carbocycles. The van der Waals surface area contributed by atoms with E-state index in [1.54, 1.807) is 17.8 Å². The minimum absolute atomic E-state index is 0.0631. The van der Waals surface area contributed by atoms with Gasteiger partial charge in [0.05, 0.1) is 5.69 Å². The normalized spacial score (nSPS) is 14.4. The van der Waals surface area contributed by atoms with Crippen molar-refractivity contribution in [2.75, 3.05) is 37.6 Å². The van der Waals surface area contributed by atoms with Crippen LogP contribution in [0.15, 0.2) is 36.4 Å². The molecule has 2 aromatic rings. The maximum atomic E-state index is 12.4. The Labute approximate surface area is 175 Å². The second kappa shape index (κ2) is 9.60. The summed E-state index contributed by atoms with van der Waals surface area (Å²) in [6, 6.07) is 10.2. The first-order valence-electron chi connectivity index (χ1n) is 9.68. The van der Waals surface area contributed by atoms with Crippen molar-refractivity contribution in [3.63, 3.8) is 0 Å². The highest BCUT2D eigenvalue weighted by molar-refractivity contribution is 6.31. The number of para-hydroxylation sites is 1. The molecule has 0 saturated carbocycles. The predicted molar refractivity (Wildman–Crippen MR) is 115 cm³/mol. The topological polar surface area (TPSA) is 70.5 Å². The lowest BCUT2D eigenvalue weighted by Gasteiger charge is -2.36. The van der Waals surface area contributed by atoms with Crippen molar-refractivity contribution in [2.45, 2.75) is 13.3 Å². The van der Waals surface area contributed by atoms with E-state index in [2.05, 4.69) is 27.4 Å². The first-order chi connectivity index (χ1) is 14.0. The standard InChI is InChI=1S/C21H26ClN5O2/c1-16-18(21(22)25(2)24-16)8-9-19(28)23-11-10-20(29)27-14-12-26(13-15-27)17-6-4-3-5-7-17/h3-9H,10-15H2,1-2H3,(H,23,28)/b9-8+. The fraction of sp³-hybridized carbons (Fsp3) is 0.381. The van der Waals surface area contributed by atoms with Crippen LogP contribution in [0.2, 0.25) is 5.15 Å². The minimum atomic E-state index is -0.258. The highest BCUT2D eigenvalue weighted by Crippen LogP contribution is 2.20. The van der Waals surface area contributed by atoms with Gasteiger partial charge in [0, 0.05) is 63.5 Å². The number of rotatable bonds is 6. The molecule has 2 heterocycles. The number of benzene rings is 1. The van der Waals surface area contributed by atoms with Crippen molar-refractivity contribution in [3.8, 4) is 0 Å². The molecule has 3 rings (SSSR count). The fourth-order valence-electron chi connectivity index (χ4n) is 3.36. The number of hydrogen-bond acceptors (Lipinski definition) is 4. The molecule has 29 heavy (non-hydrogen) atoms. The number of piperazine rings is 1. The van der Waals surface area contributed by atoms with Crippen molar-refractivity contribution in [1.29, 1.82) is 0 Å². The first kappa shape index (κ1) is 20.9. The predicted octanol–water partition coefficient (Wildman–Crippen LogP) is 2.25. The molecule has 7 nitrogen and oxygen atoms in total. The van der Waals surface area contributed by atoms with Crippen molar-refractivity contribution in [2.24, 2.45) is 7.05 Å². The van der Waals surface area contributed by atoms with Gasteiger partial charge in [-0.3, -0.25) is 14.3 Å². The van der Waals surface area contributed by atoms with Crippen LogP contribution < -0.4 is 10.2 Å². The van der Waals surface area contributed by atoms with Crippen LogP contribution in [0.25, 0.3) is 6.08 Å². The number of carbonyl (C=O) groups excluding carboxylic acids is 2. The lowest BCUT2D eigenvalue weighted by Crippen LogP contribution is -2.49. The summed E-state index contributed by atoms with van der Waals surface area (Å²) in [6.07, 6.45) is 3.35. The van der Waals surface area contributed by atoms with Gasteiger partial charge in [-0.2, -0.15) is 5.10 Å². The van der Waals surface area contributed by atoms with Gasteiger partial charge in [-0.25, -0.2) is 0 Å². The Kier molecular flexibility index (Phi) is 6.93. The number of hydrogen-bond donors (Lipinski definition) is 1. The molecule has 0 radical (unpaired) electrons. The number of anilines is 1. The number of carbonyl (C=O) groups is 2. The van der Waals surface area contributed by atoms with E-state index in [-0.39, 0.29) is 18.2 Å². The SMILES string of the molecule is Cc1nn(C)c(Cl)c1/C=C/C(=O)NCCC(=O)N1CCN(c2ccccc2)CC1. The Morgan fingerprint density at radius 1 is 1.17 bits per heavy atom. The van der Waals surface area contributed by atoms with Gasteiger partial charge in [0.25, 0.3) is 0 Å². The van der Waals surface area contributed by atoms with E-state index in [1.165, 1.54) is 11.8 Å². The van der Waals surface area contributed by atoms with Gasteiger partial charge >= 0.3 is 0 Å². The summed E-state index contributed by atoms with van der Waals surface area (Å²) >= 11 is 6.14. The molecule has 0 atom stereocenters. The molecule has 0 spiro atoms. The highest BCUT2D eigenvalue weighted by Gasteiger charge is 2.20. The zero-order chi connectivity index (χ0) is 20.8. The third-order valence-corrected chi connectivity index (χ3v) is 5.44. The molecular formula is C21H26ClN5O2. The highest BCUT2D eigenvalue weighted by atomic mass is 35.5. The Morgan fingerprint density at radius 3 is 2.48 bits per heavy atom. The zero-order valence-electron chi connectivity index (χ0n) is 16.8. The van der Waals surface area contributed by atoms with Gasteiger partial charge in [-0.15, -0.1) is 0 Å². The average molecular weight is 416 g/mol. The molecule has 1 N–H and O–H groups in total. The largest absolute Gasteiger partial charge is 0.368 e. The lowest BCUT2D eigenvalue weighted by atomic mass is 10.2. The zero-order valence-corrected chi connectivity index (χ0v) is 17.5. The van der Waals surface area contributed by atoms with Gasteiger partial charge in [0.15, 0.2) is 0 Å². The number of nitrogens with zero attached hydrogens (tertiary/aromatic N) is 4. The van der Waals surface area contributed by atoms with Crippen LogP contribution in [-0.4, -0.2) is 59.2 Å².